The molecule has 0 unspecified atom stereocenters. The van der Waals surface area contributed by atoms with Gasteiger partial charge in [-0.1, -0.05) is 17.6 Å². The normalized spacial score (nSPS) is 19.7. The van der Waals surface area contributed by atoms with Gasteiger partial charge in [0.2, 0.25) is 5.76 Å². The Hall–Kier alpha value is -2.17. The Kier molecular flexibility index (Phi) is 2.80. The van der Waals surface area contributed by atoms with Crippen LogP contribution in [0.15, 0.2) is 35.0 Å². The fraction of sp³-hybridized carbons (Fsp3) is 0.438. The van der Waals surface area contributed by atoms with Gasteiger partial charge in [-0.15, -0.1) is 0 Å². The number of hydrogen-bond donors (Lipinski definition) is 0. The average molecular weight is 283 g/mol. The van der Waals surface area contributed by atoms with Crippen LogP contribution in [0, 0.1) is 5.41 Å². The highest BCUT2D eigenvalue weighted by Gasteiger charge is 2.44. The van der Waals surface area contributed by atoms with Crippen LogP contribution in [0.3, 0.4) is 0 Å². The smallest absolute Gasteiger partial charge is 0.292 e. The zero-order chi connectivity index (χ0) is 14.3. The summed E-state index contributed by atoms with van der Waals surface area (Å²) < 4.78 is 5.23. The highest BCUT2D eigenvalue weighted by molar-refractivity contribution is 5.92. The molecule has 3 heterocycles. The topological polar surface area (TPSA) is 59.2 Å². The second-order valence-corrected chi connectivity index (χ2v) is 6.12. The molecule has 1 spiro atoms. The third-order valence-electron chi connectivity index (χ3n) is 4.79. The predicted molar refractivity (Wildman–Crippen MR) is 76.5 cm³/mol. The average Bonchev–Trinajstić information content (AvgIpc) is 3.14. The quantitative estimate of drug-likeness (QED) is 0.850. The summed E-state index contributed by atoms with van der Waals surface area (Å²) in [5.41, 5.74) is 1.73. The van der Waals surface area contributed by atoms with Crippen LogP contribution in [-0.4, -0.2) is 34.0 Å². The Labute approximate surface area is 123 Å². The maximum atomic E-state index is 12.5. The van der Waals surface area contributed by atoms with Gasteiger partial charge in [-0.25, -0.2) is 0 Å². The molecule has 2 aliphatic rings. The van der Waals surface area contributed by atoms with E-state index in [0.717, 1.165) is 25.2 Å². The zero-order valence-corrected chi connectivity index (χ0v) is 11.8. The van der Waals surface area contributed by atoms with Gasteiger partial charge < -0.3 is 9.42 Å². The van der Waals surface area contributed by atoms with Crippen LogP contribution < -0.4 is 0 Å². The van der Waals surface area contributed by atoms with Crippen LogP contribution in [0.1, 0.15) is 36.2 Å². The van der Waals surface area contributed by atoms with Crippen LogP contribution in [0.4, 0.5) is 0 Å². The van der Waals surface area contributed by atoms with Crippen molar-refractivity contribution in [2.45, 2.75) is 25.7 Å². The van der Waals surface area contributed by atoms with Crippen molar-refractivity contribution >= 4 is 5.91 Å². The fourth-order valence-electron chi connectivity index (χ4n) is 3.36. The lowest BCUT2D eigenvalue weighted by Crippen LogP contribution is -2.35. The molecule has 5 heteroatoms. The largest absolute Gasteiger partial charge is 0.350 e. The molecule has 0 bridgehead atoms. The summed E-state index contributed by atoms with van der Waals surface area (Å²) in [7, 11) is 0. The summed E-state index contributed by atoms with van der Waals surface area (Å²) in [6, 6.07) is 7.28. The number of nitrogens with zero attached hydrogens (tertiary/aromatic N) is 3. The van der Waals surface area contributed by atoms with Crippen molar-refractivity contribution < 1.29 is 9.32 Å². The third kappa shape index (κ3) is 2.13. The van der Waals surface area contributed by atoms with Gasteiger partial charge in [0.05, 0.1) is 5.69 Å². The Morgan fingerprint density at radius 2 is 2.14 bits per heavy atom. The molecule has 2 aromatic rings. The number of likely N-dealkylation sites (tertiary alicyclic amines) is 1. The van der Waals surface area contributed by atoms with E-state index in [0.29, 0.717) is 16.9 Å². The molecule has 0 atom stereocenters. The highest BCUT2D eigenvalue weighted by Crippen LogP contribution is 2.48. The molecule has 5 nitrogen and oxygen atoms in total. The number of rotatable bonds is 2. The van der Waals surface area contributed by atoms with Gasteiger partial charge in [0.1, 0.15) is 5.69 Å². The van der Waals surface area contributed by atoms with E-state index in [2.05, 4.69) is 10.1 Å². The lowest BCUT2D eigenvalue weighted by Gasteiger charge is -2.37. The monoisotopic (exact) mass is 283 g/mol. The van der Waals surface area contributed by atoms with E-state index in [1.165, 1.54) is 19.3 Å². The first-order valence-corrected chi connectivity index (χ1v) is 7.43. The molecule has 2 fully saturated rings. The molecular formula is C16H17N3O2. The third-order valence-corrected chi connectivity index (χ3v) is 4.79. The molecule has 0 radical (unpaired) electrons. The van der Waals surface area contributed by atoms with Crippen LogP contribution >= 0.6 is 0 Å². The van der Waals surface area contributed by atoms with Crippen molar-refractivity contribution in [3.05, 3.63) is 36.2 Å². The molecular weight excluding hydrogens is 266 g/mol. The summed E-state index contributed by atoms with van der Waals surface area (Å²) in [6.45, 7) is 1.70. The Morgan fingerprint density at radius 1 is 1.24 bits per heavy atom. The van der Waals surface area contributed by atoms with Gasteiger partial charge in [-0.05, 0) is 36.8 Å². The van der Waals surface area contributed by atoms with Crippen molar-refractivity contribution in [2.24, 2.45) is 5.41 Å². The minimum Gasteiger partial charge on any atom is -0.350 e. The van der Waals surface area contributed by atoms with E-state index in [-0.39, 0.29) is 5.91 Å². The lowest BCUT2D eigenvalue weighted by molar-refractivity contribution is 0.0692. The first-order chi connectivity index (χ1) is 10.3. The van der Waals surface area contributed by atoms with Gasteiger partial charge in [0.15, 0.2) is 0 Å². The van der Waals surface area contributed by atoms with Gasteiger partial charge in [0, 0.05) is 25.4 Å². The number of amides is 1. The number of hydrogen-bond acceptors (Lipinski definition) is 4. The highest BCUT2D eigenvalue weighted by atomic mass is 16.5. The van der Waals surface area contributed by atoms with Crippen molar-refractivity contribution in [3.8, 4) is 11.4 Å². The summed E-state index contributed by atoms with van der Waals surface area (Å²) >= 11 is 0. The molecule has 1 aliphatic heterocycles. The molecule has 1 saturated carbocycles. The second-order valence-electron chi connectivity index (χ2n) is 6.12. The minimum atomic E-state index is -0.0477. The lowest BCUT2D eigenvalue weighted by atomic mass is 9.68. The molecule has 108 valence electrons. The molecule has 0 aromatic carbocycles. The first-order valence-electron chi connectivity index (χ1n) is 7.43. The first kappa shape index (κ1) is 12.6. The molecule has 4 rings (SSSR count). The summed E-state index contributed by atoms with van der Waals surface area (Å²) in [5.74, 6) is 0.264. The second kappa shape index (κ2) is 4.69. The van der Waals surface area contributed by atoms with E-state index in [4.69, 9.17) is 4.52 Å². The predicted octanol–water partition coefficient (Wildman–Crippen LogP) is 2.75. The van der Waals surface area contributed by atoms with Gasteiger partial charge in [0.25, 0.3) is 5.91 Å². The van der Waals surface area contributed by atoms with Crippen LogP contribution in [-0.2, 0) is 0 Å². The minimum absolute atomic E-state index is 0.0477. The Balaban J connectivity index is 1.52. The zero-order valence-electron chi connectivity index (χ0n) is 11.8. The Morgan fingerprint density at radius 3 is 2.81 bits per heavy atom. The summed E-state index contributed by atoms with van der Waals surface area (Å²) in [6.07, 6.45) is 6.64. The maximum Gasteiger partial charge on any atom is 0.292 e. The molecule has 1 saturated heterocycles. The van der Waals surface area contributed by atoms with Crippen molar-refractivity contribution in [3.63, 3.8) is 0 Å². The van der Waals surface area contributed by atoms with Crippen LogP contribution in [0.25, 0.3) is 11.4 Å². The van der Waals surface area contributed by atoms with E-state index in [1.807, 2.05) is 23.1 Å². The number of pyridine rings is 1. The summed E-state index contributed by atoms with van der Waals surface area (Å²) in [5, 5.41) is 3.96. The van der Waals surface area contributed by atoms with Crippen molar-refractivity contribution in [1.29, 1.82) is 0 Å². The van der Waals surface area contributed by atoms with Crippen molar-refractivity contribution in [2.75, 3.05) is 13.1 Å². The standard InChI is InChI=1S/C16H17N3O2/c20-15(19-9-7-16(11-19)5-3-6-16)14-10-13(18-21-14)12-4-1-2-8-17-12/h1-2,4,8,10H,3,5-7,9,11H2. The van der Waals surface area contributed by atoms with Gasteiger partial charge >= 0.3 is 0 Å². The number of aromatic nitrogens is 2. The molecule has 21 heavy (non-hydrogen) atoms. The van der Waals surface area contributed by atoms with E-state index in [1.54, 1.807) is 12.3 Å². The van der Waals surface area contributed by atoms with Gasteiger partial charge in [-0.2, -0.15) is 0 Å². The molecule has 2 aromatic heterocycles. The molecule has 0 N–H and O–H groups in total. The number of carbonyl (C=O) groups excluding carboxylic acids is 1. The van der Waals surface area contributed by atoms with Crippen molar-refractivity contribution in [1.82, 2.24) is 15.0 Å². The Bertz CT molecular complexity index is 661. The van der Waals surface area contributed by atoms with E-state index in [9.17, 15) is 4.79 Å². The molecule has 1 aliphatic carbocycles. The SMILES string of the molecule is O=C(c1cc(-c2ccccn2)no1)N1CCC2(CCC2)C1. The number of carbonyl (C=O) groups is 1. The summed E-state index contributed by atoms with van der Waals surface area (Å²) in [4.78, 5) is 18.6. The van der Waals surface area contributed by atoms with Crippen LogP contribution in [0.5, 0.6) is 0 Å². The van der Waals surface area contributed by atoms with Crippen LogP contribution in [0.2, 0.25) is 0 Å². The maximum absolute atomic E-state index is 12.5. The van der Waals surface area contributed by atoms with E-state index >= 15 is 0 Å². The fourth-order valence-corrected chi connectivity index (χ4v) is 3.36. The van der Waals surface area contributed by atoms with E-state index < -0.39 is 0 Å². The van der Waals surface area contributed by atoms with Gasteiger partial charge in [-0.3, -0.25) is 9.78 Å². The molecule has 1 amide bonds.